The van der Waals surface area contributed by atoms with E-state index in [1.807, 2.05) is 30.3 Å². The highest BCUT2D eigenvalue weighted by atomic mass is 16.5. The monoisotopic (exact) mass is 395 g/mol. The van der Waals surface area contributed by atoms with Crippen LogP contribution in [0.25, 0.3) is 0 Å². The highest BCUT2D eigenvalue weighted by molar-refractivity contribution is 6.45. The average molecular weight is 395 g/mol. The molecule has 0 saturated carbocycles. The molecule has 0 bridgehead atoms. The van der Waals surface area contributed by atoms with Gasteiger partial charge < -0.3 is 10.1 Å². The molecule has 8 nitrogen and oxygen atoms in total. The number of nitrogens with one attached hydrogen (secondary N) is 1. The molecule has 1 aliphatic rings. The van der Waals surface area contributed by atoms with Crippen molar-refractivity contribution in [3.05, 3.63) is 60.2 Å². The van der Waals surface area contributed by atoms with Gasteiger partial charge in [-0.1, -0.05) is 37.3 Å². The fourth-order valence-electron chi connectivity index (χ4n) is 2.83. The Bertz CT molecular complexity index is 912. The van der Waals surface area contributed by atoms with Gasteiger partial charge >= 0.3 is 17.8 Å². The van der Waals surface area contributed by atoms with Crippen molar-refractivity contribution in [1.29, 1.82) is 0 Å². The number of hydrogen-bond donors (Lipinski definition) is 1. The molecule has 0 atom stereocenters. The van der Waals surface area contributed by atoms with Gasteiger partial charge in [0, 0.05) is 12.2 Å². The lowest BCUT2D eigenvalue weighted by molar-refractivity contribution is -0.143. The maximum Gasteiger partial charge on any atom is 0.334 e. The molecular formula is C21H21N3O5. The Labute approximate surface area is 168 Å². The van der Waals surface area contributed by atoms with E-state index in [-0.39, 0.29) is 6.54 Å². The average Bonchev–Trinajstić information content (AvgIpc) is 2.92. The molecule has 0 aliphatic carbocycles. The quantitative estimate of drug-likeness (QED) is 0.547. The Hall–Kier alpha value is -3.68. The molecule has 0 spiro atoms. The van der Waals surface area contributed by atoms with E-state index in [9.17, 15) is 19.2 Å². The third kappa shape index (κ3) is 4.78. The first kappa shape index (κ1) is 20.1. The smallest absolute Gasteiger partial charge is 0.334 e. The molecule has 3 rings (SSSR count). The molecule has 29 heavy (non-hydrogen) atoms. The summed E-state index contributed by atoms with van der Waals surface area (Å²) >= 11 is 0. The minimum Gasteiger partial charge on any atom is -0.489 e. The van der Waals surface area contributed by atoms with Crippen molar-refractivity contribution in [3.8, 4) is 5.75 Å². The van der Waals surface area contributed by atoms with Crippen LogP contribution in [-0.4, -0.2) is 46.6 Å². The molecule has 2 aromatic rings. The first-order chi connectivity index (χ1) is 14.0. The third-order valence-corrected chi connectivity index (χ3v) is 4.27. The highest BCUT2D eigenvalue weighted by Gasteiger charge is 2.44. The minimum atomic E-state index is -0.983. The van der Waals surface area contributed by atoms with Gasteiger partial charge in [0.1, 0.15) is 18.9 Å². The summed E-state index contributed by atoms with van der Waals surface area (Å²) in [6, 6.07) is 15.7. The van der Waals surface area contributed by atoms with Crippen molar-refractivity contribution < 1.29 is 23.9 Å². The number of hydrogen-bond acceptors (Lipinski definition) is 5. The molecule has 150 valence electrons. The Balaban J connectivity index is 1.53. The van der Waals surface area contributed by atoms with Crippen LogP contribution in [0.4, 0.5) is 10.5 Å². The molecule has 2 aromatic carbocycles. The van der Waals surface area contributed by atoms with Gasteiger partial charge in [0.15, 0.2) is 0 Å². The number of imide groups is 2. The zero-order valence-electron chi connectivity index (χ0n) is 16.0. The lowest BCUT2D eigenvalue weighted by Gasteiger charge is -2.14. The van der Waals surface area contributed by atoms with Crippen LogP contribution in [-0.2, 0) is 21.0 Å². The second kappa shape index (κ2) is 9.01. The van der Waals surface area contributed by atoms with Gasteiger partial charge in [-0.25, -0.2) is 9.69 Å². The van der Waals surface area contributed by atoms with Crippen LogP contribution in [0.2, 0.25) is 0 Å². The molecule has 8 heteroatoms. The standard InChI is InChI=1S/C21H21N3O5/c1-2-12-23-19(26)20(27)24(21(23)28)13-18(25)22-16-8-10-17(11-9-16)29-14-15-6-4-3-5-7-15/h3-11H,2,12-14H2,1H3,(H,22,25). The summed E-state index contributed by atoms with van der Waals surface area (Å²) in [5.74, 6) is -1.82. The number of carbonyl (C=O) groups is 4. The van der Waals surface area contributed by atoms with Gasteiger partial charge in [-0.2, -0.15) is 0 Å². The topological polar surface area (TPSA) is 96.0 Å². The van der Waals surface area contributed by atoms with E-state index < -0.39 is 30.3 Å². The van der Waals surface area contributed by atoms with E-state index >= 15 is 0 Å². The van der Waals surface area contributed by atoms with Gasteiger partial charge in [0.2, 0.25) is 5.91 Å². The summed E-state index contributed by atoms with van der Waals surface area (Å²) in [7, 11) is 0. The van der Waals surface area contributed by atoms with Gasteiger partial charge in [-0.3, -0.25) is 19.3 Å². The number of benzene rings is 2. The number of nitrogens with zero attached hydrogens (tertiary/aromatic N) is 2. The second-order valence-corrected chi connectivity index (χ2v) is 6.48. The molecular weight excluding hydrogens is 374 g/mol. The normalized spacial score (nSPS) is 13.8. The van der Waals surface area contributed by atoms with Crippen molar-refractivity contribution >= 4 is 29.4 Å². The van der Waals surface area contributed by atoms with E-state index in [0.717, 1.165) is 10.5 Å². The summed E-state index contributed by atoms with van der Waals surface area (Å²) in [4.78, 5) is 49.6. The Morgan fingerprint density at radius 1 is 0.931 bits per heavy atom. The van der Waals surface area contributed by atoms with Crippen LogP contribution in [0.5, 0.6) is 5.75 Å². The molecule has 1 fully saturated rings. The zero-order chi connectivity index (χ0) is 20.8. The van der Waals surface area contributed by atoms with Gasteiger partial charge in [0.25, 0.3) is 0 Å². The van der Waals surface area contributed by atoms with Crippen molar-refractivity contribution in [1.82, 2.24) is 9.80 Å². The fraction of sp³-hybridized carbons (Fsp3) is 0.238. The van der Waals surface area contributed by atoms with Crippen LogP contribution in [0.15, 0.2) is 54.6 Å². The first-order valence-corrected chi connectivity index (χ1v) is 9.23. The summed E-state index contributed by atoms with van der Waals surface area (Å²) < 4.78 is 5.68. The minimum absolute atomic E-state index is 0.145. The lowest BCUT2D eigenvalue weighted by atomic mass is 10.2. The molecule has 0 aromatic heterocycles. The Morgan fingerprint density at radius 2 is 1.59 bits per heavy atom. The van der Waals surface area contributed by atoms with Crippen molar-refractivity contribution in [3.63, 3.8) is 0 Å². The van der Waals surface area contributed by atoms with Crippen LogP contribution in [0, 0.1) is 0 Å². The molecule has 1 heterocycles. The molecule has 0 unspecified atom stereocenters. The molecule has 1 saturated heterocycles. The van der Waals surface area contributed by atoms with E-state index in [0.29, 0.717) is 29.4 Å². The summed E-state index contributed by atoms with van der Waals surface area (Å²) in [6.45, 7) is 1.84. The predicted octanol–water partition coefficient (Wildman–Crippen LogP) is 2.40. The fourth-order valence-corrected chi connectivity index (χ4v) is 2.83. The van der Waals surface area contributed by atoms with Gasteiger partial charge in [0.05, 0.1) is 0 Å². The van der Waals surface area contributed by atoms with Crippen LogP contribution in [0.3, 0.4) is 0 Å². The van der Waals surface area contributed by atoms with Gasteiger partial charge in [-0.15, -0.1) is 0 Å². The van der Waals surface area contributed by atoms with E-state index in [1.54, 1.807) is 31.2 Å². The molecule has 5 amide bonds. The molecule has 1 aliphatic heterocycles. The largest absolute Gasteiger partial charge is 0.489 e. The van der Waals surface area contributed by atoms with Gasteiger partial charge in [-0.05, 0) is 36.2 Å². The zero-order valence-corrected chi connectivity index (χ0v) is 16.0. The Morgan fingerprint density at radius 3 is 2.24 bits per heavy atom. The highest BCUT2D eigenvalue weighted by Crippen LogP contribution is 2.18. The van der Waals surface area contributed by atoms with Crippen molar-refractivity contribution in [2.24, 2.45) is 0 Å². The Kier molecular flexibility index (Phi) is 6.23. The number of carbonyl (C=O) groups excluding carboxylic acids is 4. The van der Waals surface area contributed by atoms with Crippen molar-refractivity contribution in [2.45, 2.75) is 20.0 Å². The van der Waals surface area contributed by atoms with Crippen molar-refractivity contribution in [2.75, 3.05) is 18.4 Å². The second-order valence-electron chi connectivity index (χ2n) is 6.48. The summed E-state index contributed by atoms with van der Waals surface area (Å²) in [5.41, 5.74) is 1.52. The lowest BCUT2D eigenvalue weighted by Crippen LogP contribution is -2.39. The molecule has 1 N–H and O–H groups in total. The van der Waals surface area contributed by atoms with E-state index in [2.05, 4.69) is 5.32 Å². The maximum absolute atomic E-state index is 12.2. The summed E-state index contributed by atoms with van der Waals surface area (Å²) in [5, 5.41) is 2.60. The van der Waals surface area contributed by atoms with Crippen LogP contribution < -0.4 is 10.1 Å². The predicted molar refractivity (Wildman–Crippen MR) is 105 cm³/mol. The SMILES string of the molecule is CCCN1C(=O)C(=O)N(CC(=O)Nc2ccc(OCc3ccccc3)cc2)C1=O. The van der Waals surface area contributed by atoms with E-state index in [4.69, 9.17) is 4.74 Å². The molecule has 0 radical (unpaired) electrons. The maximum atomic E-state index is 12.2. The first-order valence-electron chi connectivity index (χ1n) is 9.23. The number of amides is 5. The van der Waals surface area contributed by atoms with E-state index in [1.165, 1.54) is 0 Å². The third-order valence-electron chi connectivity index (χ3n) is 4.27. The number of urea groups is 1. The number of rotatable bonds is 8. The van der Waals surface area contributed by atoms with Crippen LogP contribution >= 0.6 is 0 Å². The number of anilines is 1. The number of ether oxygens (including phenoxy) is 1. The van der Waals surface area contributed by atoms with Crippen LogP contribution in [0.1, 0.15) is 18.9 Å². The summed E-state index contributed by atoms with van der Waals surface area (Å²) in [6.07, 6.45) is 0.531.